The largest absolute Gasteiger partial charge is 0.304 e. The summed E-state index contributed by atoms with van der Waals surface area (Å²) in [6, 6.07) is 5.73. The van der Waals surface area contributed by atoms with Gasteiger partial charge in [0.1, 0.15) is 0 Å². The molecule has 4 heteroatoms. The van der Waals surface area contributed by atoms with E-state index in [4.69, 9.17) is 23.2 Å². The molecule has 2 rings (SSSR count). The minimum atomic E-state index is 0.792. The van der Waals surface area contributed by atoms with Crippen LogP contribution in [-0.4, -0.2) is 49.6 Å². The van der Waals surface area contributed by atoms with Gasteiger partial charge in [0.05, 0.1) is 0 Å². The van der Waals surface area contributed by atoms with Gasteiger partial charge in [0, 0.05) is 36.2 Å². The Morgan fingerprint density at radius 3 is 2.28 bits per heavy atom. The van der Waals surface area contributed by atoms with Gasteiger partial charge in [0.15, 0.2) is 0 Å². The van der Waals surface area contributed by atoms with Crippen molar-refractivity contribution >= 4 is 23.2 Å². The standard InChI is InChI=1S/C14H20Cl2N2/c1-17-8-10-18(11-9-17)7-3-4-12-13(15)5-2-6-14(12)16/h2,5-6H,3-4,7-11H2,1H3. The average Bonchev–Trinajstić information content (AvgIpc) is 2.35. The molecular formula is C14H20Cl2N2. The fourth-order valence-corrected chi connectivity index (χ4v) is 2.91. The Morgan fingerprint density at radius 2 is 1.67 bits per heavy atom. The van der Waals surface area contributed by atoms with E-state index in [-0.39, 0.29) is 0 Å². The SMILES string of the molecule is CN1CCN(CCCc2c(Cl)cccc2Cl)CC1. The number of hydrogen-bond acceptors (Lipinski definition) is 2. The van der Waals surface area contributed by atoms with Gasteiger partial charge in [0.2, 0.25) is 0 Å². The maximum absolute atomic E-state index is 6.17. The highest BCUT2D eigenvalue weighted by molar-refractivity contribution is 6.35. The summed E-state index contributed by atoms with van der Waals surface area (Å²) in [6.07, 6.45) is 2.08. The first-order chi connectivity index (χ1) is 8.66. The Hall–Kier alpha value is -0.280. The third kappa shape index (κ3) is 3.86. The van der Waals surface area contributed by atoms with Crippen molar-refractivity contribution in [2.75, 3.05) is 39.8 Å². The summed E-state index contributed by atoms with van der Waals surface area (Å²) in [4.78, 5) is 4.90. The van der Waals surface area contributed by atoms with Crippen molar-refractivity contribution in [1.29, 1.82) is 0 Å². The first kappa shape index (κ1) is 14.1. The molecule has 100 valence electrons. The Kier molecular flexibility index (Phi) is 5.31. The Morgan fingerprint density at radius 1 is 1.06 bits per heavy atom. The van der Waals surface area contributed by atoms with Crippen molar-refractivity contribution in [3.05, 3.63) is 33.8 Å². The van der Waals surface area contributed by atoms with Gasteiger partial charge in [-0.25, -0.2) is 0 Å². The first-order valence-electron chi connectivity index (χ1n) is 6.50. The fourth-order valence-electron chi connectivity index (χ4n) is 2.32. The zero-order valence-corrected chi connectivity index (χ0v) is 12.3. The van der Waals surface area contributed by atoms with E-state index < -0.39 is 0 Å². The van der Waals surface area contributed by atoms with Crippen molar-refractivity contribution in [3.8, 4) is 0 Å². The van der Waals surface area contributed by atoms with Crippen LogP contribution in [0.3, 0.4) is 0 Å². The van der Waals surface area contributed by atoms with Gasteiger partial charge in [-0.1, -0.05) is 29.3 Å². The summed E-state index contributed by atoms with van der Waals surface area (Å²) in [5.41, 5.74) is 1.09. The third-order valence-electron chi connectivity index (χ3n) is 3.56. The molecule has 1 aliphatic rings. The molecule has 0 unspecified atom stereocenters. The predicted octanol–water partition coefficient (Wildman–Crippen LogP) is 3.17. The molecule has 0 saturated carbocycles. The monoisotopic (exact) mass is 286 g/mol. The zero-order valence-electron chi connectivity index (χ0n) is 10.8. The maximum atomic E-state index is 6.17. The lowest BCUT2D eigenvalue weighted by molar-refractivity contribution is 0.153. The van der Waals surface area contributed by atoms with E-state index in [1.54, 1.807) is 0 Å². The molecule has 1 saturated heterocycles. The Labute approximate surface area is 119 Å². The first-order valence-corrected chi connectivity index (χ1v) is 7.26. The van der Waals surface area contributed by atoms with Crippen LogP contribution < -0.4 is 0 Å². The van der Waals surface area contributed by atoms with Crippen LogP contribution in [0.2, 0.25) is 10.0 Å². The van der Waals surface area contributed by atoms with Gasteiger partial charge in [-0.15, -0.1) is 0 Å². The molecule has 0 radical (unpaired) electrons. The molecule has 1 fully saturated rings. The molecule has 1 heterocycles. The summed E-state index contributed by atoms with van der Waals surface area (Å²) in [5.74, 6) is 0. The van der Waals surface area contributed by atoms with Gasteiger partial charge in [-0.3, -0.25) is 0 Å². The van der Waals surface area contributed by atoms with Crippen LogP contribution in [0.5, 0.6) is 0 Å². The van der Waals surface area contributed by atoms with Gasteiger partial charge >= 0.3 is 0 Å². The second-order valence-corrected chi connectivity index (χ2v) is 5.76. The summed E-state index contributed by atoms with van der Waals surface area (Å²) < 4.78 is 0. The minimum Gasteiger partial charge on any atom is -0.304 e. The molecule has 2 nitrogen and oxygen atoms in total. The van der Waals surface area contributed by atoms with Crippen LogP contribution in [0.1, 0.15) is 12.0 Å². The molecule has 0 spiro atoms. The van der Waals surface area contributed by atoms with E-state index in [0.717, 1.165) is 35.0 Å². The van der Waals surface area contributed by atoms with Gasteiger partial charge < -0.3 is 9.80 Å². The predicted molar refractivity (Wildman–Crippen MR) is 78.7 cm³/mol. The second-order valence-electron chi connectivity index (χ2n) is 4.95. The highest BCUT2D eigenvalue weighted by Gasteiger charge is 2.13. The van der Waals surface area contributed by atoms with Crippen LogP contribution >= 0.6 is 23.2 Å². The lowest BCUT2D eigenvalue weighted by atomic mass is 10.1. The van der Waals surface area contributed by atoms with E-state index in [0.29, 0.717) is 0 Å². The normalized spacial score (nSPS) is 18.2. The molecule has 18 heavy (non-hydrogen) atoms. The summed E-state index contributed by atoms with van der Waals surface area (Å²) >= 11 is 12.3. The summed E-state index contributed by atoms with van der Waals surface area (Å²) in [7, 11) is 2.18. The smallest absolute Gasteiger partial charge is 0.0452 e. The van der Waals surface area contributed by atoms with E-state index in [9.17, 15) is 0 Å². The second kappa shape index (κ2) is 6.76. The Bertz CT molecular complexity index is 367. The van der Waals surface area contributed by atoms with E-state index in [1.165, 1.54) is 26.2 Å². The third-order valence-corrected chi connectivity index (χ3v) is 4.27. The van der Waals surface area contributed by atoms with Crippen LogP contribution in [0, 0.1) is 0 Å². The van der Waals surface area contributed by atoms with Crippen molar-refractivity contribution < 1.29 is 0 Å². The minimum absolute atomic E-state index is 0.792. The number of hydrogen-bond donors (Lipinski definition) is 0. The molecule has 0 amide bonds. The van der Waals surface area contributed by atoms with Crippen LogP contribution in [0.25, 0.3) is 0 Å². The molecule has 0 N–H and O–H groups in total. The van der Waals surface area contributed by atoms with Crippen molar-refractivity contribution in [2.45, 2.75) is 12.8 Å². The summed E-state index contributed by atoms with van der Waals surface area (Å²) in [6.45, 7) is 5.83. The van der Waals surface area contributed by atoms with E-state index >= 15 is 0 Å². The molecule has 0 aliphatic carbocycles. The number of likely N-dealkylation sites (N-methyl/N-ethyl adjacent to an activating group) is 1. The van der Waals surface area contributed by atoms with Crippen LogP contribution in [0.15, 0.2) is 18.2 Å². The highest BCUT2D eigenvalue weighted by atomic mass is 35.5. The van der Waals surface area contributed by atoms with Crippen LogP contribution in [0.4, 0.5) is 0 Å². The summed E-state index contributed by atoms with van der Waals surface area (Å²) in [5, 5.41) is 1.58. The molecule has 1 aliphatic heterocycles. The van der Waals surface area contributed by atoms with Crippen LogP contribution in [-0.2, 0) is 6.42 Å². The Balaban J connectivity index is 1.78. The maximum Gasteiger partial charge on any atom is 0.0452 e. The molecule has 0 bridgehead atoms. The molecule has 0 atom stereocenters. The van der Waals surface area contributed by atoms with Crippen molar-refractivity contribution in [3.63, 3.8) is 0 Å². The lowest BCUT2D eigenvalue weighted by Gasteiger charge is -2.32. The molecule has 1 aromatic rings. The lowest BCUT2D eigenvalue weighted by Crippen LogP contribution is -2.44. The van der Waals surface area contributed by atoms with Gasteiger partial charge in [-0.05, 0) is 44.1 Å². The van der Waals surface area contributed by atoms with Crippen molar-refractivity contribution in [1.82, 2.24) is 9.80 Å². The topological polar surface area (TPSA) is 6.48 Å². The van der Waals surface area contributed by atoms with Gasteiger partial charge in [0.25, 0.3) is 0 Å². The van der Waals surface area contributed by atoms with E-state index in [1.807, 2.05) is 18.2 Å². The van der Waals surface area contributed by atoms with E-state index in [2.05, 4.69) is 16.8 Å². The molecule has 1 aromatic carbocycles. The zero-order chi connectivity index (χ0) is 13.0. The number of benzene rings is 1. The number of halogens is 2. The number of nitrogens with zero attached hydrogens (tertiary/aromatic N) is 2. The highest BCUT2D eigenvalue weighted by Crippen LogP contribution is 2.25. The number of piperazine rings is 1. The number of rotatable bonds is 4. The molecular weight excluding hydrogens is 267 g/mol. The quantitative estimate of drug-likeness (QED) is 0.839. The average molecular weight is 287 g/mol. The van der Waals surface area contributed by atoms with Crippen molar-refractivity contribution in [2.24, 2.45) is 0 Å². The van der Waals surface area contributed by atoms with Gasteiger partial charge in [-0.2, -0.15) is 0 Å². The molecule has 0 aromatic heterocycles. The fraction of sp³-hybridized carbons (Fsp3) is 0.571.